The standard InChI is InChI=1S/C17H16ClN5O/c1-2-22-10-11(8-20-22)16-13(9-19-21-16)17(24)23-7-6-12-14(18)4-3-5-15(12)23/h3-5,8-10H,2,6-7H2,1H3,(H,19,21). The molecule has 0 atom stereocenters. The summed E-state index contributed by atoms with van der Waals surface area (Å²) in [5.41, 5.74) is 3.98. The van der Waals surface area contributed by atoms with Gasteiger partial charge in [-0.05, 0) is 31.0 Å². The molecule has 122 valence electrons. The number of nitrogens with zero attached hydrogens (tertiary/aromatic N) is 4. The molecule has 1 amide bonds. The Morgan fingerprint density at radius 2 is 2.25 bits per heavy atom. The summed E-state index contributed by atoms with van der Waals surface area (Å²) in [6.45, 7) is 3.41. The number of hydrogen-bond donors (Lipinski definition) is 1. The minimum Gasteiger partial charge on any atom is -0.308 e. The quantitative estimate of drug-likeness (QED) is 0.795. The van der Waals surface area contributed by atoms with Crippen LogP contribution in [0.3, 0.4) is 0 Å². The van der Waals surface area contributed by atoms with Crippen LogP contribution in [0.4, 0.5) is 5.69 Å². The maximum Gasteiger partial charge on any atom is 0.262 e. The van der Waals surface area contributed by atoms with Crippen molar-refractivity contribution in [3.8, 4) is 11.3 Å². The van der Waals surface area contributed by atoms with Gasteiger partial charge in [-0.15, -0.1) is 0 Å². The van der Waals surface area contributed by atoms with Crippen molar-refractivity contribution in [3.05, 3.63) is 52.9 Å². The van der Waals surface area contributed by atoms with Crippen LogP contribution in [0.25, 0.3) is 11.3 Å². The van der Waals surface area contributed by atoms with Crippen molar-refractivity contribution in [2.45, 2.75) is 19.9 Å². The molecule has 0 saturated heterocycles. The second kappa shape index (κ2) is 5.79. The van der Waals surface area contributed by atoms with E-state index in [4.69, 9.17) is 11.6 Å². The topological polar surface area (TPSA) is 66.8 Å². The van der Waals surface area contributed by atoms with Crippen molar-refractivity contribution in [2.75, 3.05) is 11.4 Å². The molecule has 24 heavy (non-hydrogen) atoms. The number of aromatic nitrogens is 4. The summed E-state index contributed by atoms with van der Waals surface area (Å²) in [5, 5.41) is 12.0. The van der Waals surface area contributed by atoms with Crippen molar-refractivity contribution in [2.24, 2.45) is 0 Å². The summed E-state index contributed by atoms with van der Waals surface area (Å²) in [5.74, 6) is -0.0796. The van der Waals surface area contributed by atoms with E-state index in [1.165, 1.54) is 0 Å². The lowest BCUT2D eigenvalue weighted by molar-refractivity contribution is 0.0990. The zero-order valence-electron chi connectivity index (χ0n) is 13.2. The third kappa shape index (κ3) is 2.30. The average Bonchev–Trinajstić information content (AvgIpc) is 3.32. The molecule has 4 rings (SSSR count). The van der Waals surface area contributed by atoms with Crippen LogP contribution in [0.1, 0.15) is 22.8 Å². The van der Waals surface area contributed by atoms with Gasteiger partial charge in [0.1, 0.15) is 0 Å². The number of amides is 1. The Kier molecular flexibility index (Phi) is 3.61. The fourth-order valence-corrected chi connectivity index (χ4v) is 3.35. The van der Waals surface area contributed by atoms with E-state index in [0.29, 0.717) is 22.8 Å². The lowest BCUT2D eigenvalue weighted by atomic mass is 10.1. The largest absolute Gasteiger partial charge is 0.308 e. The summed E-state index contributed by atoms with van der Waals surface area (Å²) < 4.78 is 1.81. The second-order valence-electron chi connectivity index (χ2n) is 5.69. The van der Waals surface area contributed by atoms with Gasteiger partial charge in [-0.2, -0.15) is 10.2 Å². The molecule has 1 aromatic carbocycles. The first-order valence-corrected chi connectivity index (χ1v) is 8.22. The van der Waals surface area contributed by atoms with E-state index in [-0.39, 0.29) is 5.91 Å². The molecular weight excluding hydrogens is 326 g/mol. The summed E-state index contributed by atoms with van der Waals surface area (Å²) >= 11 is 6.24. The molecule has 0 bridgehead atoms. The molecule has 3 heterocycles. The summed E-state index contributed by atoms with van der Waals surface area (Å²) in [6.07, 6.45) is 5.98. The van der Waals surface area contributed by atoms with Gasteiger partial charge in [0.25, 0.3) is 5.91 Å². The normalized spacial score (nSPS) is 13.3. The van der Waals surface area contributed by atoms with E-state index in [1.807, 2.05) is 36.0 Å². The highest BCUT2D eigenvalue weighted by atomic mass is 35.5. The van der Waals surface area contributed by atoms with Crippen molar-refractivity contribution >= 4 is 23.2 Å². The number of aryl methyl sites for hydroxylation is 1. The molecule has 1 aliphatic rings. The van der Waals surface area contributed by atoms with E-state index in [1.54, 1.807) is 17.3 Å². The maximum atomic E-state index is 13.0. The number of H-pyrrole nitrogens is 1. The highest BCUT2D eigenvalue weighted by Crippen LogP contribution is 2.35. The Hall–Kier alpha value is -2.60. The van der Waals surface area contributed by atoms with E-state index >= 15 is 0 Å². The molecule has 0 radical (unpaired) electrons. The van der Waals surface area contributed by atoms with Crippen LogP contribution in [0.15, 0.2) is 36.8 Å². The molecule has 0 unspecified atom stereocenters. The lowest BCUT2D eigenvalue weighted by Crippen LogP contribution is -2.29. The summed E-state index contributed by atoms with van der Waals surface area (Å²) in [6, 6.07) is 5.66. The molecule has 0 aliphatic carbocycles. The Morgan fingerprint density at radius 1 is 1.38 bits per heavy atom. The highest BCUT2D eigenvalue weighted by molar-refractivity contribution is 6.32. The molecule has 7 heteroatoms. The van der Waals surface area contributed by atoms with Gasteiger partial charge >= 0.3 is 0 Å². The van der Waals surface area contributed by atoms with Crippen molar-refractivity contribution in [1.29, 1.82) is 0 Å². The van der Waals surface area contributed by atoms with Crippen molar-refractivity contribution in [1.82, 2.24) is 20.0 Å². The number of carbonyl (C=O) groups is 1. The van der Waals surface area contributed by atoms with Crippen LogP contribution < -0.4 is 4.90 Å². The Morgan fingerprint density at radius 3 is 3.04 bits per heavy atom. The van der Waals surface area contributed by atoms with Gasteiger partial charge in [0.15, 0.2) is 0 Å². The van der Waals surface area contributed by atoms with Gasteiger partial charge in [-0.3, -0.25) is 14.6 Å². The fourth-order valence-electron chi connectivity index (χ4n) is 3.08. The number of halogens is 1. The highest BCUT2D eigenvalue weighted by Gasteiger charge is 2.29. The molecule has 0 spiro atoms. The fraction of sp³-hybridized carbons (Fsp3) is 0.235. The lowest BCUT2D eigenvalue weighted by Gasteiger charge is -2.17. The third-order valence-corrected chi connectivity index (χ3v) is 4.69. The Bertz CT molecular complexity index is 913. The van der Waals surface area contributed by atoms with Crippen LogP contribution in [-0.4, -0.2) is 32.4 Å². The first-order chi connectivity index (χ1) is 11.7. The summed E-state index contributed by atoms with van der Waals surface area (Å²) in [4.78, 5) is 14.8. The molecule has 2 aromatic heterocycles. The van der Waals surface area contributed by atoms with Crippen LogP contribution in [-0.2, 0) is 13.0 Å². The molecular formula is C17H16ClN5O. The predicted molar refractivity (Wildman–Crippen MR) is 92.3 cm³/mol. The number of anilines is 1. The smallest absolute Gasteiger partial charge is 0.262 e. The minimum absolute atomic E-state index is 0.0796. The predicted octanol–water partition coefficient (Wildman–Crippen LogP) is 3.15. The minimum atomic E-state index is -0.0796. The average molecular weight is 342 g/mol. The third-order valence-electron chi connectivity index (χ3n) is 4.33. The van der Waals surface area contributed by atoms with E-state index < -0.39 is 0 Å². The SMILES string of the molecule is CCn1cc(-c2[nH]ncc2C(=O)N2CCc3c(Cl)cccc32)cn1. The first kappa shape index (κ1) is 15.0. The van der Waals surface area contributed by atoms with Crippen molar-refractivity contribution < 1.29 is 4.79 Å². The molecule has 3 aromatic rings. The van der Waals surface area contributed by atoms with Crippen LogP contribution in [0.2, 0.25) is 5.02 Å². The zero-order valence-corrected chi connectivity index (χ0v) is 13.9. The van der Waals surface area contributed by atoms with Gasteiger partial charge in [0.2, 0.25) is 0 Å². The first-order valence-electron chi connectivity index (χ1n) is 7.84. The number of hydrogen-bond acceptors (Lipinski definition) is 3. The van der Waals surface area contributed by atoms with Crippen LogP contribution >= 0.6 is 11.6 Å². The van der Waals surface area contributed by atoms with Gasteiger partial charge in [0, 0.05) is 35.6 Å². The summed E-state index contributed by atoms with van der Waals surface area (Å²) in [7, 11) is 0. The molecule has 0 fully saturated rings. The van der Waals surface area contributed by atoms with Gasteiger partial charge < -0.3 is 4.90 Å². The second-order valence-corrected chi connectivity index (χ2v) is 6.09. The number of nitrogens with one attached hydrogen (secondary N) is 1. The maximum absolute atomic E-state index is 13.0. The van der Waals surface area contributed by atoms with E-state index in [9.17, 15) is 4.79 Å². The number of benzene rings is 1. The van der Waals surface area contributed by atoms with Gasteiger partial charge in [0.05, 0.1) is 23.7 Å². The molecule has 1 aliphatic heterocycles. The molecule has 6 nitrogen and oxygen atoms in total. The monoisotopic (exact) mass is 341 g/mol. The number of rotatable bonds is 3. The molecule has 0 saturated carbocycles. The van der Waals surface area contributed by atoms with Gasteiger partial charge in [-0.25, -0.2) is 0 Å². The Labute approximate surface area is 144 Å². The number of fused-ring (bicyclic) bond motifs is 1. The van der Waals surface area contributed by atoms with Crippen molar-refractivity contribution in [3.63, 3.8) is 0 Å². The van der Waals surface area contributed by atoms with Crippen LogP contribution in [0.5, 0.6) is 0 Å². The Balaban J connectivity index is 1.70. The van der Waals surface area contributed by atoms with E-state index in [0.717, 1.165) is 29.8 Å². The van der Waals surface area contributed by atoms with Crippen LogP contribution in [0, 0.1) is 0 Å². The van der Waals surface area contributed by atoms with E-state index in [2.05, 4.69) is 15.3 Å². The zero-order chi connectivity index (χ0) is 16.7. The molecule has 1 N–H and O–H groups in total. The number of aromatic amines is 1. The number of carbonyl (C=O) groups excluding carboxylic acids is 1. The van der Waals surface area contributed by atoms with Gasteiger partial charge in [-0.1, -0.05) is 17.7 Å².